The van der Waals surface area contributed by atoms with Crippen molar-refractivity contribution in [3.63, 3.8) is 0 Å². The number of benzene rings is 1. The first-order chi connectivity index (χ1) is 9.66. The summed E-state index contributed by atoms with van der Waals surface area (Å²) in [5.74, 6) is -0.395. The highest BCUT2D eigenvalue weighted by Crippen LogP contribution is 2.27. The number of aliphatic hydroxyl groups excluding tert-OH is 1. The Kier molecular flexibility index (Phi) is 5.72. The first-order valence-corrected chi connectivity index (χ1v) is 7.12. The smallest absolute Gasteiger partial charge is 0.261 e. The Morgan fingerprint density at radius 3 is 2.57 bits per heavy atom. The van der Waals surface area contributed by atoms with Crippen LogP contribution in [0.1, 0.15) is 52.7 Å². The van der Waals surface area contributed by atoms with Crippen molar-refractivity contribution in [3.05, 3.63) is 29.6 Å². The number of nitrogens with one attached hydrogen (secondary N) is 1. The molecule has 2 N–H and O–H groups in total. The molecule has 1 amide bonds. The fourth-order valence-electron chi connectivity index (χ4n) is 1.72. The zero-order chi connectivity index (χ0) is 16.2. The third kappa shape index (κ3) is 5.01. The van der Waals surface area contributed by atoms with Gasteiger partial charge in [-0.1, -0.05) is 6.92 Å². The molecular formula is C16H24FNO3. The number of aliphatic hydroxyl groups is 1. The largest absolute Gasteiger partial charge is 0.481 e. The standard InChI is InChI=1S/C16H24FNO3/c1-6-16(4,5)18-15(20)11(3)21-14-8-7-12(17)9-13(14)10(2)19/h7-11,19H,6H2,1-5H3,(H,18,20)/t10-,11?/m1/s1. The molecule has 0 saturated heterocycles. The van der Waals surface area contributed by atoms with Gasteiger partial charge in [0.15, 0.2) is 6.10 Å². The van der Waals surface area contributed by atoms with Gasteiger partial charge in [0, 0.05) is 11.1 Å². The van der Waals surface area contributed by atoms with E-state index in [9.17, 15) is 14.3 Å². The van der Waals surface area contributed by atoms with Crippen molar-refractivity contribution < 1.29 is 19.0 Å². The lowest BCUT2D eigenvalue weighted by atomic mass is 10.0. The lowest BCUT2D eigenvalue weighted by Crippen LogP contribution is -2.48. The number of ether oxygens (including phenoxy) is 1. The predicted octanol–water partition coefficient (Wildman–Crippen LogP) is 2.95. The summed E-state index contributed by atoms with van der Waals surface area (Å²) in [6.45, 7) is 8.98. The van der Waals surface area contributed by atoms with Gasteiger partial charge in [-0.3, -0.25) is 4.79 Å². The summed E-state index contributed by atoms with van der Waals surface area (Å²) in [5, 5.41) is 12.5. The molecule has 4 nitrogen and oxygen atoms in total. The van der Waals surface area contributed by atoms with Gasteiger partial charge < -0.3 is 15.2 Å². The van der Waals surface area contributed by atoms with Gasteiger partial charge in [-0.2, -0.15) is 0 Å². The molecule has 1 aromatic carbocycles. The number of carbonyl (C=O) groups excluding carboxylic acids is 1. The Bertz CT molecular complexity index is 500. The second-order valence-electron chi connectivity index (χ2n) is 5.84. The maximum Gasteiger partial charge on any atom is 0.261 e. The van der Waals surface area contributed by atoms with Gasteiger partial charge in [0.25, 0.3) is 5.91 Å². The van der Waals surface area contributed by atoms with Crippen molar-refractivity contribution in [2.45, 2.75) is 58.8 Å². The Balaban J connectivity index is 2.84. The van der Waals surface area contributed by atoms with Crippen LogP contribution in [0.2, 0.25) is 0 Å². The van der Waals surface area contributed by atoms with Crippen molar-refractivity contribution in [2.24, 2.45) is 0 Å². The summed E-state index contributed by atoms with van der Waals surface area (Å²) in [6, 6.07) is 3.87. The summed E-state index contributed by atoms with van der Waals surface area (Å²) in [6.07, 6.45) is -0.821. The molecule has 0 fully saturated rings. The molecule has 2 atom stereocenters. The third-order valence-electron chi connectivity index (χ3n) is 3.44. The quantitative estimate of drug-likeness (QED) is 0.848. The summed E-state index contributed by atoms with van der Waals surface area (Å²) < 4.78 is 18.8. The van der Waals surface area contributed by atoms with Crippen LogP contribution in [0.25, 0.3) is 0 Å². The van der Waals surface area contributed by atoms with E-state index in [4.69, 9.17) is 4.74 Å². The minimum absolute atomic E-state index is 0.247. The first kappa shape index (κ1) is 17.4. The normalized spacial score (nSPS) is 14.4. The van der Waals surface area contributed by atoms with Crippen LogP contribution in [0.5, 0.6) is 5.75 Å². The molecule has 21 heavy (non-hydrogen) atoms. The van der Waals surface area contributed by atoms with Crippen LogP contribution < -0.4 is 10.1 Å². The van der Waals surface area contributed by atoms with Crippen molar-refractivity contribution in [2.75, 3.05) is 0 Å². The number of hydrogen-bond acceptors (Lipinski definition) is 3. The van der Waals surface area contributed by atoms with E-state index in [1.54, 1.807) is 6.92 Å². The number of carbonyl (C=O) groups is 1. The van der Waals surface area contributed by atoms with Gasteiger partial charge in [-0.25, -0.2) is 4.39 Å². The maximum absolute atomic E-state index is 13.2. The van der Waals surface area contributed by atoms with Gasteiger partial charge >= 0.3 is 0 Å². The van der Waals surface area contributed by atoms with E-state index in [0.717, 1.165) is 6.42 Å². The van der Waals surface area contributed by atoms with Crippen LogP contribution in [-0.4, -0.2) is 22.7 Å². The molecule has 0 heterocycles. The van der Waals surface area contributed by atoms with Gasteiger partial charge in [0.05, 0.1) is 6.10 Å². The first-order valence-electron chi connectivity index (χ1n) is 7.12. The minimum atomic E-state index is -0.877. The minimum Gasteiger partial charge on any atom is -0.481 e. The van der Waals surface area contributed by atoms with E-state index >= 15 is 0 Å². The van der Waals surface area contributed by atoms with E-state index in [2.05, 4.69) is 5.32 Å². The highest BCUT2D eigenvalue weighted by Gasteiger charge is 2.24. The fraction of sp³-hybridized carbons (Fsp3) is 0.562. The lowest BCUT2D eigenvalue weighted by molar-refractivity contribution is -0.129. The van der Waals surface area contributed by atoms with Crippen LogP contribution in [0.4, 0.5) is 4.39 Å². The zero-order valence-electron chi connectivity index (χ0n) is 13.2. The van der Waals surface area contributed by atoms with Crippen LogP contribution in [0.3, 0.4) is 0 Å². The fourth-order valence-corrected chi connectivity index (χ4v) is 1.72. The molecule has 0 aliphatic rings. The number of halogens is 1. The molecule has 0 aromatic heterocycles. The molecule has 0 aliphatic carbocycles. The van der Waals surface area contributed by atoms with E-state index in [1.807, 2.05) is 20.8 Å². The van der Waals surface area contributed by atoms with E-state index in [0.29, 0.717) is 11.3 Å². The van der Waals surface area contributed by atoms with Gasteiger partial charge in [0.1, 0.15) is 11.6 Å². The van der Waals surface area contributed by atoms with Gasteiger partial charge in [-0.15, -0.1) is 0 Å². The van der Waals surface area contributed by atoms with Crippen LogP contribution >= 0.6 is 0 Å². The Morgan fingerprint density at radius 2 is 2.05 bits per heavy atom. The molecule has 0 bridgehead atoms. The summed E-state index contributed by atoms with van der Waals surface area (Å²) in [7, 11) is 0. The number of amides is 1. The van der Waals surface area contributed by atoms with Crippen LogP contribution in [0, 0.1) is 5.82 Å². The lowest BCUT2D eigenvalue weighted by Gasteiger charge is -2.27. The summed E-state index contributed by atoms with van der Waals surface area (Å²) in [5.41, 5.74) is 0.00864. The molecule has 1 unspecified atom stereocenters. The molecule has 0 spiro atoms. The maximum atomic E-state index is 13.2. The second kappa shape index (κ2) is 6.89. The zero-order valence-corrected chi connectivity index (χ0v) is 13.2. The SMILES string of the molecule is CCC(C)(C)NC(=O)C(C)Oc1ccc(F)cc1[C@@H](C)O. The third-order valence-corrected chi connectivity index (χ3v) is 3.44. The average Bonchev–Trinajstić information content (AvgIpc) is 2.40. The van der Waals surface area contributed by atoms with Crippen molar-refractivity contribution in [1.29, 1.82) is 0 Å². The predicted molar refractivity (Wildman–Crippen MR) is 79.6 cm³/mol. The Labute approximate surface area is 125 Å². The van der Waals surface area contributed by atoms with Crippen molar-refractivity contribution in [3.8, 4) is 5.75 Å². The molecule has 1 aromatic rings. The van der Waals surface area contributed by atoms with E-state index in [1.165, 1.54) is 25.1 Å². The van der Waals surface area contributed by atoms with E-state index in [-0.39, 0.29) is 11.4 Å². The van der Waals surface area contributed by atoms with Crippen LogP contribution in [-0.2, 0) is 4.79 Å². The molecular weight excluding hydrogens is 273 g/mol. The van der Waals surface area contributed by atoms with Crippen LogP contribution in [0.15, 0.2) is 18.2 Å². The van der Waals surface area contributed by atoms with Crippen molar-refractivity contribution in [1.82, 2.24) is 5.32 Å². The average molecular weight is 297 g/mol. The molecule has 1 rings (SSSR count). The molecule has 118 valence electrons. The number of rotatable bonds is 6. The van der Waals surface area contributed by atoms with E-state index < -0.39 is 18.0 Å². The van der Waals surface area contributed by atoms with Gasteiger partial charge in [-0.05, 0) is 52.3 Å². The summed E-state index contributed by atoms with van der Waals surface area (Å²) in [4.78, 5) is 12.1. The molecule has 0 radical (unpaired) electrons. The van der Waals surface area contributed by atoms with Gasteiger partial charge in [0.2, 0.25) is 0 Å². The molecule has 0 saturated carbocycles. The highest BCUT2D eigenvalue weighted by molar-refractivity contribution is 5.81. The summed E-state index contributed by atoms with van der Waals surface area (Å²) >= 11 is 0. The topological polar surface area (TPSA) is 58.6 Å². The number of hydrogen-bond donors (Lipinski definition) is 2. The van der Waals surface area contributed by atoms with Crippen molar-refractivity contribution >= 4 is 5.91 Å². The Hall–Kier alpha value is -1.62. The second-order valence-corrected chi connectivity index (χ2v) is 5.84. The molecule has 5 heteroatoms. The monoisotopic (exact) mass is 297 g/mol. The Morgan fingerprint density at radius 1 is 1.43 bits per heavy atom. The highest BCUT2D eigenvalue weighted by atomic mass is 19.1. The molecule has 0 aliphatic heterocycles.